The average molecular weight is 257 g/mol. The largest absolute Gasteiger partial charge is 0.475 e. The molecule has 16 heavy (non-hydrogen) atoms. The molecule has 0 amide bonds. The zero-order valence-electron chi connectivity index (χ0n) is 7.95. The molecule has 2 heterocycles. The Morgan fingerprint density at radius 3 is 2.94 bits per heavy atom. The molecule has 0 saturated heterocycles. The molecule has 0 aliphatic rings. The second kappa shape index (κ2) is 4.58. The van der Waals surface area contributed by atoms with E-state index in [0.717, 1.165) is 5.01 Å². The van der Waals surface area contributed by atoms with E-state index in [1.165, 1.54) is 23.5 Å². The minimum atomic E-state index is -1.39. The van der Waals surface area contributed by atoms with Crippen LogP contribution in [-0.2, 0) is 16.6 Å². The maximum atomic E-state index is 11.7. The third-order valence-electron chi connectivity index (χ3n) is 1.75. The number of aromatic carboxylic acids is 1. The predicted molar refractivity (Wildman–Crippen MR) is 57.9 cm³/mol. The van der Waals surface area contributed by atoms with Gasteiger partial charge in [-0.3, -0.25) is 4.21 Å². The highest BCUT2D eigenvalue weighted by atomic mass is 32.2. The van der Waals surface area contributed by atoms with Gasteiger partial charge in [0.1, 0.15) is 5.01 Å². The van der Waals surface area contributed by atoms with Crippen LogP contribution in [0.25, 0.3) is 0 Å². The van der Waals surface area contributed by atoms with Crippen molar-refractivity contribution in [3.05, 3.63) is 34.5 Å². The fourth-order valence-corrected chi connectivity index (χ4v) is 2.90. The van der Waals surface area contributed by atoms with Gasteiger partial charge in [-0.25, -0.2) is 9.78 Å². The van der Waals surface area contributed by atoms with E-state index in [9.17, 15) is 9.00 Å². The van der Waals surface area contributed by atoms with Crippen LogP contribution in [0.2, 0.25) is 0 Å². The molecule has 84 valence electrons. The van der Waals surface area contributed by atoms with Crippen molar-refractivity contribution >= 4 is 28.1 Å². The molecule has 2 aromatic rings. The number of rotatable bonds is 4. The number of hydrogen-bond acceptors (Lipinski definition) is 5. The Morgan fingerprint density at radius 1 is 1.56 bits per heavy atom. The Labute approximate surface area is 97.2 Å². The Kier molecular flexibility index (Phi) is 3.16. The summed E-state index contributed by atoms with van der Waals surface area (Å²) in [6.07, 6.45) is 1.63. The van der Waals surface area contributed by atoms with Gasteiger partial charge in [-0.15, -0.1) is 11.3 Å². The van der Waals surface area contributed by atoms with Gasteiger partial charge < -0.3 is 9.52 Å². The zero-order valence-corrected chi connectivity index (χ0v) is 9.59. The van der Waals surface area contributed by atoms with Crippen LogP contribution < -0.4 is 0 Å². The standard InChI is InChI=1S/C9H7NO4S2/c11-9(12)6-1-2-8(14-6)16(13)5-7-10-3-4-15-7/h1-4H,5H2,(H,11,12). The maximum Gasteiger partial charge on any atom is 0.371 e. The van der Waals surface area contributed by atoms with Gasteiger partial charge in [-0.05, 0) is 12.1 Å². The lowest BCUT2D eigenvalue weighted by Gasteiger charge is -1.94. The lowest BCUT2D eigenvalue weighted by atomic mass is 10.5. The molecule has 0 aliphatic carbocycles. The second-order valence-electron chi connectivity index (χ2n) is 2.84. The van der Waals surface area contributed by atoms with Crippen LogP contribution in [0.1, 0.15) is 15.6 Å². The Bertz CT molecular complexity index is 517. The molecule has 0 saturated carbocycles. The smallest absolute Gasteiger partial charge is 0.371 e. The molecule has 2 rings (SSSR count). The SMILES string of the molecule is O=C(O)c1ccc(S(=O)Cc2nccs2)o1. The Morgan fingerprint density at radius 2 is 2.38 bits per heavy atom. The molecule has 1 N–H and O–H groups in total. The zero-order chi connectivity index (χ0) is 11.5. The first kappa shape index (κ1) is 11.0. The molecule has 1 atom stereocenters. The van der Waals surface area contributed by atoms with Gasteiger partial charge in [-0.2, -0.15) is 0 Å². The third-order valence-corrected chi connectivity index (χ3v) is 3.92. The van der Waals surface area contributed by atoms with Crippen molar-refractivity contribution in [1.82, 2.24) is 4.98 Å². The van der Waals surface area contributed by atoms with E-state index in [1.807, 2.05) is 0 Å². The minimum Gasteiger partial charge on any atom is -0.475 e. The van der Waals surface area contributed by atoms with Gasteiger partial charge in [0, 0.05) is 11.6 Å². The summed E-state index contributed by atoms with van der Waals surface area (Å²) < 4.78 is 16.7. The van der Waals surface area contributed by atoms with Gasteiger partial charge in [0.15, 0.2) is 5.09 Å². The van der Waals surface area contributed by atoms with Gasteiger partial charge >= 0.3 is 5.97 Å². The average Bonchev–Trinajstić information content (AvgIpc) is 2.86. The van der Waals surface area contributed by atoms with Crippen molar-refractivity contribution < 1.29 is 18.5 Å². The molecule has 5 nitrogen and oxygen atoms in total. The summed E-state index contributed by atoms with van der Waals surface area (Å²) in [7, 11) is -1.39. The highest BCUT2D eigenvalue weighted by Gasteiger charge is 2.14. The third kappa shape index (κ3) is 2.37. The molecular weight excluding hydrogens is 250 g/mol. The summed E-state index contributed by atoms with van der Waals surface area (Å²) in [5, 5.41) is 11.3. The molecule has 0 bridgehead atoms. The predicted octanol–water partition coefficient (Wildman–Crippen LogP) is 1.74. The highest BCUT2D eigenvalue weighted by Crippen LogP contribution is 2.16. The number of carbonyl (C=O) groups is 1. The van der Waals surface area contributed by atoms with E-state index in [1.54, 1.807) is 11.6 Å². The number of carboxylic acid groups (broad SMARTS) is 1. The van der Waals surface area contributed by atoms with Crippen molar-refractivity contribution in [3.63, 3.8) is 0 Å². The van der Waals surface area contributed by atoms with Gasteiger partial charge in [0.05, 0.1) is 16.6 Å². The number of carboxylic acids is 1. The van der Waals surface area contributed by atoms with E-state index in [4.69, 9.17) is 9.52 Å². The topological polar surface area (TPSA) is 80.4 Å². The number of aromatic nitrogens is 1. The normalized spacial score (nSPS) is 12.5. The van der Waals surface area contributed by atoms with Gasteiger partial charge in [-0.1, -0.05) is 0 Å². The lowest BCUT2D eigenvalue weighted by molar-refractivity contribution is 0.0656. The van der Waals surface area contributed by atoms with Crippen LogP contribution in [0.5, 0.6) is 0 Å². The molecule has 0 spiro atoms. The van der Waals surface area contributed by atoms with Crippen molar-refractivity contribution in [3.8, 4) is 0 Å². The molecule has 0 aromatic carbocycles. The lowest BCUT2D eigenvalue weighted by Crippen LogP contribution is -1.95. The van der Waals surface area contributed by atoms with Gasteiger partial charge in [0.25, 0.3) is 0 Å². The number of hydrogen-bond donors (Lipinski definition) is 1. The van der Waals surface area contributed by atoms with Crippen LogP contribution >= 0.6 is 11.3 Å². The van der Waals surface area contributed by atoms with Crippen molar-refractivity contribution in [2.24, 2.45) is 0 Å². The number of thiazole rings is 1. The molecule has 7 heteroatoms. The fraction of sp³-hybridized carbons (Fsp3) is 0.111. The summed E-state index contributed by atoms with van der Waals surface area (Å²) in [6, 6.07) is 2.70. The maximum absolute atomic E-state index is 11.7. The second-order valence-corrected chi connectivity index (χ2v) is 5.20. The van der Waals surface area contributed by atoms with Crippen LogP contribution in [0.4, 0.5) is 0 Å². The number of nitrogens with zero attached hydrogens (tertiary/aromatic N) is 1. The number of furan rings is 1. The minimum absolute atomic E-state index is 0.160. The first-order valence-electron chi connectivity index (χ1n) is 4.26. The van der Waals surface area contributed by atoms with Crippen molar-refractivity contribution in [2.75, 3.05) is 0 Å². The van der Waals surface area contributed by atoms with E-state index in [-0.39, 0.29) is 16.6 Å². The summed E-state index contributed by atoms with van der Waals surface area (Å²) in [5.41, 5.74) is 0. The molecule has 2 aromatic heterocycles. The first-order chi connectivity index (χ1) is 7.66. The van der Waals surface area contributed by atoms with E-state index in [0.29, 0.717) is 0 Å². The van der Waals surface area contributed by atoms with E-state index >= 15 is 0 Å². The van der Waals surface area contributed by atoms with Crippen LogP contribution in [0.15, 0.2) is 33.2 Å². The van der Waals surface area contributed by atoms with Crippen LogP contribution in [0.3, 0.4) is 0 Å². The molecule has 0 radical (unpaired) electrons. The monoisotopic (exact) mass is 257 g/mol. The van der Waals surface area contributed by atoms with E-state index < -0.39 is 16.8 Å². The summed E-state index contributed by atoms with van der Waals surface area (Å²) >= 11 is 1.40. The van der Waals surface area contributed by atoms with Crippen molar-refractivity contribution in [1.29, 1.82) is 0 Å². The van der Waals surface area contributed by atoms with E-state index in [2.05, 4.69) is 4.98 Å². The molecule has 1 unspecified atom stereocenters. The molecular formula is C9H7NO4S2. The highest BCUT2D eigenvalue weighted by molar-refractivity contribution is 7.84. The summed E-state index contributed by atoms with van der Waals surface area (Å²) in [4.78, 5) is 14.5. The summed E-state index contributed by atoms with van der Waals surface area (Å²) in [6.45, 7) is 0. The first-order valence-corrected chi connectivity index (χ1v) is 6.46. The Balaban J connectivity index is 2.12. The van der Waals surface area contributed by atoms with Crippen LogP contribution in [-0.4, -0.2) is 20.3 Å². The van der Waals surface area contributed by atoms with Crippen LogP contribution in [0, 0.1) is 0 Å². The molecule has 0 aliphatic heterocycles. The Hall–Kier alpha value is -1.47. The molecule has 0 fully saturated rings. The van der Waals surface area contributed by atoms with Gasteiger partial charge in [0.2, 0.25) is 5.76 Å². The summed E-state index contributed by atoms with van der Waals surface area (Å²) in [5.74, 6) is -1.13. The quantitative estimate of drug-likeness (QED) is 0.902. The fourth-order valence-electron chi connectivity index (χ4n) is 1.06. The van der Waals surface area contributed by atoms with Crippen molar-refractivity contribution in [2.45, 2.75) is 10.8 Å².